The molecule has 0 radical (unpaired) electrons. The molecule has 1 aliphatic carbocycles. The van der Waals surface area contributed by atoms with Crippen molar-refractivity contribution in [2.24, 2.45) is 5.73 Å². The van der Waals surface area contributed by atoms with Crippen molar-refractivity contribution in [1.29, 1.82) is 0 Å². The topological polar surface area (TPSA) is 94.0 Å². The average Bonchev–Trinajstić information content (AvgIpc) is 2.93. The Bertz CT molecular complexity index is 397. The quantitative estimate of drug-likeness (QED) is 0.709. The highest BCUT2D eigenvalue weighted by atomic mass is 16.5. The number of hydrogen-bond donors (Lipinski definition) is 2. The maximum atomic E-state index is 11.5. The average molecular weight is 222 g/mol. The molecule has 3 N–H and O–H groups in total. The summed E-state index contributed by atoms with van der Waals surface area (Å²) in [6.07, 6.45) is 4.24. The molecule has 1 aromatic heterocycles. The molecule has 1 unspecified atom stereocenters. The molecular formula is C10H14N4O2. The molecule has 1 heterocycles. The van der Waals surface area contributed by atoms with Crippen molar-refractivity contribution >= 4 is 5.91 Å². The molecule has 0 saturated heterocycles. The first-order valence-corrected chi connectivity index (χ1v) is 5.21. The van der Waals surface area contributed by atoms with Crippen molar-refractivity contribution in [2.75, 3.05) is 0 Å². The summed E-state index contributed by atoms with van der Waals surface area (Å²) in [5.41, 5.74) is 5.73. The summed E-state index contributed by atoms with van der Waals surface area (Å²) < 4.78 is 4.91. The molecule has 2 rings (SSSR count). The van der Waals surface area contributed by atoms with E-state index in [0.717, 1.165) is 12.8 Å². The minimum atomic E-state index is -0.396. The lowest BCUT2D eigenvalue weighted by atomic mass is 10.2. The Hall–Kier alpha value is -1.69. The van der Waals surface area contributed by atoms with E-state index >= 15 is 0 Å². The van der Waals surface area contributed by atoms with Gasteiger partial charge < -0.3 is 15.6 Å². The van der Waals surface area contributed by atoms with E-state index in [0.29, 0.717) is 6.42 Å². The van der Waals surface area contributed by atoms with Gasteiger partial charge in [0.2, 0.25) is 5.89 Å². The standard InChI is InChI=1S/C10H14N4O2/c1-2-3-7(11)10-13-8(14-16-10)9(15)12-6-4-5-6/h2,6-7H,1,3-5,11H2,(H,12,15). The number of rotatable bonds is 5. The minimum absolute atomic E-state index is 0.0430. The molecule has 1 aromatic rings. The summed E-state index contributed by atoms with van der Waals surface area (Å²) in [4.78, 5) is 15.5. The third kappa shape index (κ3) is 2.46. The molecule has 0 aromatic carbocycles. The van der Waals surface area contributed by atoms with E-state index < -0.39 is 6.04 Å². The van der Waals surface area contributed by atoms with Crippen LogP contribution in [0.2, 0.25) is 0 Å². The van der Waals surface area contributed by atoms with Gasteiger partial charge in [0.1, 0.15) is 0 Å². The van der Waals surface area contributed by atoms with Crippen LogP contribution >= 0.6 is 0 Å². The fourth-order valence-corrected chi connectivity index (χ4v) is 1.24. The lowest BCUT2D eigenvalue weighted by Gasteiger charge is -2.00. The number of aromatic nitrogens is 2. The molecule has 86 valence electrons. The van der Waals surface area contributed by atoms with Gasteiger partial charge in [-0.25, -0.2) is 0 Å². The zero-order valence-corrected chi connectivity index (χ0v) is 8.85. The first kappa shape index (κ1) is 10.8. The molecule has 0 aliphatic heterocycles. The van der Waals surface area contributed by atoms with E-state index in [2.05, 4.69) is 22.0 Å². The second-order valence-electron chi connectivity index (χ2n) is 3.83. The predicted molar refractivity (Wildman–Crippen MR) is 56.5 cm³/mol. The molecule has 0 bridgehead atoms. The molecular weight excluding hydrogens is 208 g/mol. The van der Waals surface area contributed by atoms with Gasteiger partial charge in [-0.15, -0.1) is 6.58 Å². The highest BCUT2D eigenvalue weighted by molar-refractivity contribution is 5.90. The van der Waals surface area contributed by atoms with Crippen LogP contribution in [0.4, 0.5) is 0 Å². The van der Waals surface area contributed by atoms with Gasteiger partial charge in [-0.1, -0.05) is 11.2 Å². The molecule has 6 heteroatoms. The summed E-state index contributed by atoms with van der Waals surface area (Å²) in [6.45, 7) is 3.57. The molecule has 16 heavy (non-hydrogen) atoms. The summed E-state index contributed by atoms with van der Waals surface area (Å²) >= 11 is 0. The van der Waals surface area contributed by atoms with Gasteiger partial charge in [0, 0.05) is 6.04 Å². The summed E-state index contributed by atoms with van der Waals surface area (Å²) in [5, 5.41) is 6.36. The van der Waals surface area contributed by atoms with E-state index in [-0.39, 0.29) is 23.7 Å². The van der Waals surface area contributed by atoms with Crippen molar-refractivity contribution < 1.29 is 9.32 Å². The largest absolute Gasteiger partial charge is 0.346 e. The molecule has 6 nitrogen and oxygen atoms in total. The SMILES string of the molecule is C=CCC(N)c1nc(C(=O)NC2CC2)no1. The van der Waals surface area contributed by atoms with E-state index in [9.17, 15) is 4.79 Å². The zero-order valence-electron chi connectivity index (χ0n) is 8.85. The van der Waals surface area contributed by atoms with Crippen molar-refractivity contribution in [2.45, 2.75) is 31.3 Å². The fraction of sp³-hybridized carbons (Fsp3) is 0.500. The number of hydrogen-bond acceptors (Lipinski definition) is 5. The molecule has 1 amide bonds. The van der Waals surface area contributed by atoms with Crippen molar-refractivity contribution in [1.82, 2.24) is 15.5 Å². The van der Waals surface area contributed by atoms with E-state index in [1.807, 2.05) is 0 Å². The normalized spacial score (nSPS) is 16.8. The number of nitrogens with zero attached hydrogens (tertiary/aromatic N) is 2. The third-order valence-corrected chi connectivity index (χ3v) is 2.30. The van der Waals surface area contributed by atoms with Crippen LogP contribution in [0.5, 0.6) is 0 Å². The maximum Gasteiger partial charge on any atom is 0.292 e. The first-order valence-electron chi connectivity index (χ1n) is 5.21. The Kier molecular flexibility index (Phi) is 3.00. The first-order chi connectivity index (χ1) is 7.70. The fourth-order valence-electron chi connectivity index (χ4n) is 1.24. The molecule has 1 saturated carbocycles. The Balaban J connectivity index is 1.99. The van der Waals surface area contributed by atoms with Gasteiger partial charge in [-0.3, -0.25) is 4.79 Å². The van der Waals surface area contributed by atoms with Gasteiger partial charge in [-0.05, 0) is 19.3 Å². The van der Waals surface area contributed by atoms with Crippen LogP contribution in [0, 0.1) is 0 Å². The predicted octanol–water partition coefficient (Wildman–Crippen LogP) is 0.538. The number of carbonyl (C=O) groups is 1. The highest BCUT2D eigenvalue weighted by Crippen LogP contribution is 2.19. The summed E-state index contributed by atoms with van der Waals surface area (Å²) in [5.74, 6) is 0.00515. The van der Waals surface area contributed by atoms with Crippen LogP contribution in [-0.2, 0) is 0 Å². The van der Waals surface area contributed by atoms with Crippen LogP contribution in [0.3, 0.4) is 0 Å². The third-order valence-electron chi connectivity index (χ3n) is 2.30. The van der Waals surface area contributed by atoms with Crippen LogP contribution in [0.15, 0.2) is 17.2 Å². The smallest absolute Gasteiger partial charge is 0.292 e. The van der Waals surface area contributed by atoms with Crippen LogP contribution in [0.1, 0.15) is 41.8 Å². The maximum absolute atomic E-state index is 11.5. The van der Waals surface area contributed by atoms with Gasteiger partial charge >= 0.3 is 0 Å². The molecule has 1 atom stereocenters. The highest BCUT2D eigenvalue weighted by Gasteiger charge is 2.26. The number of carbonyl (C=O) groups excluding carboxylic acids is 1. The van der Waals surface area contributed by atoms with Crippen LogP contribution < -0.4 is 11.1 Å². The van der Waals surface area contributed by atoms with Gasteiger partial charge in [0.25, 0.3) is 11.7 Å². The molecule has 1 fully saturated rings. The monoisotopic (exact) mass is 222 g/mol. The van der Waals surface area contributed by atoms with Crippen molar-refractivity contribution in [3.8, 4) is 0 Å². The molecule has 1 aliphatic rings. The van der Waals surface area contributed by atoms with E-state index in [4.69, 9.17) is 10.3 Å². The number of amides is 1. The van der Waals surface area contributed by atoms with Gasteiger partial charge in [0.15, 0.2) is 0 Å². The number of nitrogens with one attached hydrogen (secondary N) is 1. The summed E-state index contributed by atoms with van der Waals surface area (Å²) in [7, 11) is 0. The second-order valence-corrected chi connectivity index (χ2v) is 3.83. The zero-order chi connectivity index (χ0) is 11.5. The van der Waals surface area contributed by atoms with E-state index in [1.165, 1.54) is 0 Å². The van der Waals surface area contributed by atoms with Crippen molar-refractivity contribution in [3.63, 3.8) is 0 Å². The molecule has 0 spiro atoms. The lowest BCUT2D eigenvalue weighted by molar-refractivity contribution is 0.0937. The van der Waals surface area contributed by atoms with Crippen molar-refractivity contribution in [3.05, 3.63) is 24.4 Å². The number of nitrogens with two attached hydrogens (primary N) is 1. The Morgan fingerprint density at radius 2 is 2.50 bits per heavy atom. The Labute approximate surface area is 92.9 Å². The Morgan fingerprint density at radius 3 is 3.12 bits per heavy atom. The summed E-state index contributed by atoms with van der Waals surface area (Å²) in [6, 6.07) is -0.122. The van der Waals surface area contributed by atoms with Crippen LogP contribution in [-0.4, -0.2) is 22.1 Å². The lowest BCUT2D eigenvalue weighted by Crippen LogP contribution is -2.26. The minimum Gasteiger partial charge on any atom is -0.346 e. The van der Waals surface area contributed by atoms with Gasteiger partial charge in [-0.2, -0.15) is 4.98 Å². The van der Waals surface area contributed by atoms with Gasteiger partial charge in [0.05, 0.1) is 6.04 Å². The second kappa shape index (κ2) is 4.44. The van der Waals surface area contributed by atoms with Crippen LogP contribution in [0.25, 0.3) is 0 Å². The van der Waals surface area contributed by atoms with E-state index in [1.54, 1.807) is 6.08 Å². The Morgan fingerprint density at radius 1 is 1.75 bits per heavy atom.